The molecule has 3 N–H and O–H groups in total. The standard InChI is InChI=1S/C11H17N3O3/c1-4-5-17-11-9(12)14(16)8(6-7(2)3)10(15)13-11/h4,7,12,15-16H,1,5-6H2,2-3H3. The summed E-state index contributed by atoms with van der Waals surface area (Å²) in [6.07, 6.45) is 1.91. The minimum Gasteiger partial charge on any atom is -0.492 e. The van der Waals surface area contributed by atoms with Crippen LogP contribution < -0.4 is 10.2 Å². The normalized spacial score (nSPS) is 10.5. The number of nitrogens with zero attached hydrogens (tertiary/aromatic N) is 2. The van der Waals surface area contributed by atoms with Gasteiger partial charge in [-0.1, -0.05) is 26.5 Å². The number of aromatic nitrogens is 2. The first kappa shape index (κ1) is 13.1. The lowest BCUT2D eigenvalue weighted by Gasteiger charge is -2.12. The van der Waals surface area contributed by atoms with E-state index in [2.05, 4.69) is 11.6 Å². The molecule has 0 saturated carbocycles. The van der Waals surface area contributed by atoms with E-state index in [0.717, 1.165) is 0 Å². The van der Waals surface area contributed by atoms with E-state index in [1.54, 1.807) is 0 Å². The molecule has 0 fully saturated rings. The van der Waals surface area contributed by atoms with Crippen LogP contribution >= 0.6 is 0 Å². The van der Waals surface area contributed by atoms with Crippen molar-refractivity contribution in [3.05, 3.63) is 23.8 Å². The highest BCUT2D eigenvalue weighted by Crippen LogP contribution is 2.17. The average Bonchev–Trinajstić information content (AvgIpc) is 2.27. The van der Waals surface area contributed by atoms with E-state index >= 15 is 0 Å². The lowest BCUT2D eigenvalue weighted by Crippen LogP contribution is -2.25. The van der Waals surface area contributed by atoms with E-state index in [4.69, 9.17) is 10.1 Å². The van der Waals surface area contributed by atoms with Crippen molar-refractivity contribution >= 4 is 0 Å². The van der Waals surface area contributed by atoms with E-state index in [1.165, 1.54) is 6.08 Å². The maximum Gasteiger partial charge on any atom is 0.264 e. The molecule has 6 heteroatoms. The van der Waals surface area contributed by atoms with Gasteiger partial charge in [0.2, 0.25) is 11.4 Å². The van der Waals surface area contributed by atoms with Gasteiger partial charge in [0.1, 0.15) is 12.3 Å². The van der Waals surface area contributed by atoms with Gasteiger partial charge in [-0.05, 0) is 12.3 Å². The fourth-order valence-corrected chi connectivity index (χ4v) is 1.34. The second-order valence-corrected chi connectivity index (χ2v) is 4.05. The van der Waals surface area contributed by atoms with Gasteiger partial charge < -0.3 is 15.1 Å². The van der Waals surface area contributed by atoms with Gasteiger partial charge in [-0.3, -0.25) is 5.41 Å². The van der Waals surface area contributed by atoms with Crippen LogP contribution in [0.15, 0.2) is 12.7 Å². The van der Waals surface area contributed by atoms with Gasteiger partial charge in [0, 0.05) is 0 Å². The average molecular weight is 239 g/mol. The van der Waals surface area contributed by atoms with Crippen LogP contribution in [0.3, 0.4) is 0 Å². The summed E-state index contributed by atoms with van der Waals surface area (Å²) in [5.41, 5.74) is -0.0868. The third-order valence-corrected chi connectivity index (χ3v) is 2.08. The first-order valence-corrected chi connectivity index (χ1v) is 5.29. The lowest BCUT2D eigenvalue weighted by atomic mass is 10.1. The zero-order chi connectivity index (χ0) is 13.0. The fourth-order valence-electron chi connectivity index (χ4n) is 1.34. The summed E-state index contributed by atoms with van der Waals surface area (Å²) in [4.78, 5) is 3.74. The molecule has 94 valence electrons. The zero-order valence-electron chi connectivity index (χ0n) is 9.97. The molecule has 0 aliphatic heterocycles. The molecule has 0 spiro atoms. The van der Waals surface area contributed by atoms with Crippen LogP contribution in [-0.4, -0.2) is 26.6 Å². The van der Waals surface area contributed by atoms with Gasteiger partial charge in [0.15, 0.2) is 0 Å². The molecule has 1 aromatic heterocycles. The summed E-state index contributed by atoms with van der Waals surface area (Å²) in [6.45, 7) is 7.49. The predicted molar refractivity (Wildman–Crippen MR) is 61.2 cm³/mol. The Bertz CT molecular complexity index is 466. The van der Waals surface area contributed by atoms with Crippen molar-refractivity contribution in [1.29, 1.82) is 5.41 Å². The van der Waals surface area contributed by atoms with Crippen LogP contribution in [0.1, 0.15) is 19.5 Å². The molecule has 1 heterocycles. The minimum atomic E-state index is -0.323. The summed E-state index contributed by atoms with van der Waals surface area (Å²) in [5, 5.41) is 27.0. The van der Waals surface area contributed by atoms with Crippen molar-refractivity contribution in [2.24, 2.45) is 5.92 Å². The first-order chi connectivity index (χ1) is 7.97. The zero-order valence-corrected chi connectivity index (χ0v) is 9.97. The SMILES string of the molecule is C=CCOc1nc(O)c(CC(C)C)n(O)c1=N. The van der Waals surface area contributed by atoms with Gasteiger partial charge in [0.05, 0.1) is 0 Å². The Morgan fingerprint density at radius 1 is 1.59 bits per heavy atom. The van der Waals surface area contributed by atoms with Crippen molar-refractivity contribution in [3.63, 3.8) is 0 Å². The molecule has 0 aliphatic carbocycles. The molecule has 0 unspecified atom stereocenters. The highest BCUT2D eigenvalue weighted by atomic mass is 16.5. The summed E-state index contributed by atoms with van der Waals surface area (Å²) in [7, 11) is 0. The third-order valence-electron chi connectivity index (χ3n) is 2.08. The fraction of sp³-hybridized carbons (Fsp3) is 0.455. The molecular formula is C11H17N3O3. The van der Waals surface area contributed by atoms with Gasteiger partial charge >= 0.3 is 0 Å². The van der Waals surface area contributed by atoms with E-state index in [0.29, 0.717) is 11.2 Å². The molecule has 1 aromatic rings. The molecule has 6 nitrogen and oxygen atoms in total. The highest BCUT2D eigenvalue weighted by Gasteiger charge is 2.15. The van der Waals surface area contributed by atoms with Gasteiger partial charge in [0.25, 0.3) is 5.88 Å². The molecule has 0 amide bonds. The molecule has 0 atom stereocenters. The van der Waals surface area contributed by atoms with Crippen molar-refractivity contribution in [3.8, 4) is 11.8 Å². The molecule has 0 saturated heterocycles. The quantitative estimate of drug-likeness (QED) is 0.529. The maximum absolute atomic E-state index is 9.73. The number of rotatable bonds is 5. The number of hydrogen-bond acceptors (Lipinski definition) is 5. The Kier molecular flexibility index (Phi) is 4.14. The molecule has 0 radical (unpaired) electrons. The highest BCUT2D eigenvalue weighted by molar-refractivity contribution is 5.22. The van der Waals surface area contributed by atoms with Crippen molar-refractivity contribution in [2.75, 3.05) is 6.61 Å². The Morgan fingerprint density at radius 2 is 2.24 bits per heavy atom. The summed E-state index contributed by atoms with van der Waals surface area (Å²) in [5.74, 6) is -0.228. The summed E-state index contributed by atoms with van der Waals surface area (Å²) >= 11 is 0. The van der Waals surface area contributed by atoms with Crippen molar-refractivity contribution in [2.45, 2.75) is 20.3 Å². The Morgan fingerprint density at radius 3 is 2.76 bits per heavy atom. The van der Waals surface area contributed by atoms with Crippen LogP contribution in [0.2, 0.25) is 0 Å². The molecule has 1 rings (SSSR count). The Balaban J connectivity index is 3.17. The predicted octanol–water partition coefficient (Wildman–Crippen LogP) is 1.07. The molecule has 0 bridgehead atoms. The van der Waals surface area contributed by atoms with E-state index < -0.39 is 0 Å². The van der Waals surface area contributed by atoms with Crippen LogP contribution in [0.5, 0.6) is 11.8 Å². The smallest absolute Gasteiger partial charge is 0.264 e. The first-order valence-electron chi connectivity index (χ1n) is 5.29. The van der Waals surface area contributed by atoms with Crippen LogP contribution in [-0.2, 0) is 6.42 Å². The lowest BCUT2D eigenvalue weighted by molar-refractivity contribution is 0.145. The number of nitrogens with one attached hydrogen (secondary N) is 1. The largest absolute Gasteiger partial charge is 0.492 e. The van der Waals surface area contributed by atoms with Crippen LogP contribution in [0, 0.1) is 11.3 Å². The van der Waals surface area contributed by atoms with Crippen molar-refractivity contribution < 1.29 is 15.1 Å². The third kappa shape index (κ3) is 2.99. The van der Waals surface area contributed by atoms with Crippen LogP contribution in [0.25, 0.3) is 0 Å². The van der Waals surface area contributed by atoms with Gasteiger partial charge in [-0.15, -0.1) is 0 Å². The number of ether oxygens (including phenoxy) is 1. The molecule has 0 aromatic carbocycles. The maximum atomic E-state index is 9.73. The molecule has 0 aliphatic rings. The van der Waals surface area contributed by atoms with Crippen LogP contribution in [0.4, 0.5) is 0 Å². The van der Waals surface area contributed by atoms with Gasteiger partial charge in [-0.2, -0.15) is 9.71 Å². The second-order valence-electron chi connectivity index (χ2n) is 4.05. The van der Waals surface area contributed by atoms with E-state index in [-0.39, 0.29) is 35.5 Å². The topological polar surface area (TPSA) is 91.4 Å². The van der Waals surface area contributed by atoms with E-state index in [9.17, 15) is 10.3 Å². The van der Waals surface area contributed by atoms with Crippen molar-refractivity contribution in [1.82, 2.24) is 9.71 Å². The Labute approximate surface area is 99.3 Å². The van der Waals surface area contributed by atoms with E-state index in [1.807, 2.05) is 13.8 Å². The summed E-state index contributed by atoms with van der Waals surface area (Å²) in [6, 6.07) is 0. The monoisotopic (exact) mass is 239 g/mol. The Hall–Kier alpha value is -1.98. The van der Waals surface area contributed by atoms with Gasteiger partial charge in [-0.25, -0.2) is 0 Å². The molecule has 17 heavy (non-hydrogen) atoms. The summed E-state index contributed by atoms with van der Waals surface area (Å²) < 4.78 is 5.65. The minimum absolute atomic E-state index is 0.127. The number of hydrogen-bond donors (Lipinski definition) is 3. The molecular weight excluding hydrogens is 222 g/mol. The number of aromatic hydroxyl groups is 1. The second kappa shape index (κ2) is 5.38.